The lowest BCUT2D eigenvalue weighted by molar-refractivity contribution is 0.131. The maximum Gasteiger partial charge on any atom is 0.123 e. The van der Waals surface area contributed by atoms with E-state index in [1.54, 1.807) is 7.11 Å². The lowest BCUT2D eigenvalue weighted by Crippen LogP contribution is -2.36. The van der Waals surface area contributed by atoms with Gasteiger partial charge in [0.15, 0.2) is 0 Å². The number of aromatic nitrogens is 2. The van der Waals surface area contributed by atoms with Gasteiger partial charge in [-0.15, -0.1) is 0 Å². The molecule has 0 N–H and O–H groups in total. The van der Waals surface area contributed by atoms with Crippen LogP contribution in [0, 0.1) is 11.7 Å². The molecule has 1 aromatic heterocycles. The number of rotatable bonds is 6. The fourth-order valence-corrected chi connectivity index (χ4v) is 3.73. The Morgan fingerprint density at radius 1 is 1.25 bits per heavy atom. The van der Waals surface area contributed by atoms with Crippen LogP contribution in [-0.2, 0) is 24.4 Å². The summed E-state index contributed by atoms with van der Waals surface area (Å²) in [6.07, 6.45) is 4.70. The number of ether oxygens (including phenoxy) is 1. The van der Waals surface area contributed by atoms with Crippen LogP contribution in [0.25, 0.3) is 0 Å². The van der Waals surface area contributed by atoms with Crippen LogP contribution in [0.4, 0.5) is 4.39 Å². The van der Waals surface area contributed by atoms with Gasteiger partial charge in [-0.2, -0.15) is 0 Å². The second-order valence-electron chi connectivity index (χ2n) is 7.12. The van der Waals surface area contributed by atoms with E-state index in [9.17, 15) is 4.39 Å². The highest BCUT2D eigenvalue weighted by Crippen LogP contribution is 2.34. The lowest BCUT2D eigenvalue weighted by Gasteiger charge is -2.33. The Morgan fingerprint density at radius 2 is 2.04 bits per heavy atom. The Hall–Kier alpha value is -1.72. The minimum Gasteiger partial charge on any atom is -0.384 e. The maximum atomic E-state index is 13.1. The van der Waals surface area contributed by atoms with E-state index in [0.717, 1.165) is 37.7 Å². The summed E-state index contributed by atoms with van der Waals surface area (Å²) in [5.74, 6) is 1.000. The first-order valence-corrected chi connectivity index (χ1v) is 8.72. The number of hydrogen-bond donors (Lipinski definition) is 0. The average molecular weight is 329 g/mol. The molecule has 0 bridgehead atoms. The van der Waals surface area contributed by atoms with Gasteiger partial charge < -0.3 is 9.30 Å². The summed E-state index contributed by atoms with van der Waals surface area (Å²) in [7, 11) is 1.76. The summed E-state index contributed by atoms with van der Waals surface area (Å²) >= 11 is 0. The van der Waals surface area contributed by atoms with Crippen molar-refractivity contribution in [3.05, 3.63) is 53.4 Å². The summed E-state index contributed by atoms with van der Waals surface area (Å²) in [5.41, 5.74) is 3.67. The number of hydrogen-bond acceptors (Lipinski definition) is 3. The molecule has 0 amide bonds. The van der Waals surface area contributed by atoms with Gasteiger partial charge in [-0.05, 0) is 36.5 Å². The Morgan fingerprint density at radius 3 is 2.75 bits per heavy atom. The molecule has 128 valence electrons. The van der Waals surface area contributed by atoms with Crippen LogP contribution in [0.5, 0.6) is 0 Å². The fraction of sp³-hybridized carbons (Fsp3) is 0.526. The van der Waals surface area contributed by atoms with Crippen molar-refractivity contribution in [3.8, 4) is 0 Å². The Bertz CT molecular complexity index is 693. The van der Waals surface area contributed by atoms with E-state index in [1.807, 2.05) is 18.5 Å². The van der Waals surface area contributed by atoms with Crippen molar-refractivity contribution in [1.29, 1.82) is 0 Å². The zero-order chi connectivity index (χ0) is 16.5. The molecule has 24 heavy (non-hydrogen) atoms. The van der Waals surface area contributed by atoms with E-state index in [0.29, 0.717) is 12.5 Å². The normalized spacial score (nSPS) is 21.0. The number of methoxy groups -OCH3 is 1. The van der Waals surface area contributed by atoms with Gasteiger partial charge in [-0.25, -0.2) is 9.37 Å². The fourth-order valence-electron chi connectivity index (χ4n) is 3.73. The van der Waals surface area contributed by atoms with E-state index in [2.05, 4.69) is 14.5 Å². The third-order valence-corrected chi connectivity index (χ3v) is 5.04. The van der Waals surface area contributed by atoms with Gasteiger partial charge in [0.1, 0.15) is 5.82 Å². The van der Waals surface area contributed by atoms with Crippen LogP contribution in [-0.4, -0.2) is 34.7 Å². The van der Waals surface area contributed by atoms with Gasteiger partial charge in [0.2, 0.25) is 0 Å². The number of imidazole rings is 1. The van der Waals surface area contributed by atoms with Crippen molar-refractivity contribution in [2.75, 3.05) is 20.3 Å². The van der Waals surface area contributed by atoms with E-state index < -0.39 is 0 Å². The number of halogens is 1. The van der Waals surface area contributed by atoms with Crippen molar-refractivity contribution < 1.29 is 9.13 Å². The van der Waals surface area contributed by atoms with Crippen LogP contribution < -0.4 is 0 Å². The standard InChI is InChI=1S/C19H24FN3O/c1-24-12-16-10-22(8-14-4-6-17(20)7-5-14)11-18-19(16)23(13-21-18)9-15-2-3-15/h4-7,13,15-16H,2-3,8-12H2,1H3/t16-/m0/s1. The second-order valence-corrected chi connectivity index (χ2v) is 7.12. The van der Waals surface area contributed by atoms with E-state index in [4.69, 9.17) is 4.74 Å². The molecular formula is C19H24FN3O. The highest BCUT2D eigenvalue weighted by Gasteiger charge is 2.31. The molecule has 5 heteroatoms. The molecule has 0 saturated heterocycles. The number of fused-ring (bicyclic) bond motifs is 1. The van der Waals surface area contributed by atoms with Crippen molar-refractivity contribution in [2.45, 2.75) is 38.4 Å². The quantitative estimate of drug-likeness (QED) is 0.815. The Labute approximate surface area is 142 Å². The highest BCUT2D eigenvalue weighted by atomic mass is 19.1. The van der Waals surface area contributed by atoms with Gasteiger partial charge >= 0.3 is 0 Å². The molecule has 4 nitrogen and oxygen atoms in total. The summed E-state index contributed by atoms with van der Waals surface area (Å²) in [6, 6.07) is 6.78. The van der Waals surface area contributed by atoms with Crippen LogP contribution in [0.15, 0.2) is 30.6 Å². The highest BCUT2D eigenvalue weighted by molar-refractivity contribution is 5.23. The Balaban J connectivity index is 1.53. The third-order valence-electron chi connectivity index (χ3n) is 5.04. The number of nitrogens with zero attached hydrogens (tertiary/aromatic N) is 3. The van der Waals surface area contributed by atoms with Crippen LogP contribution >= 0.6 is 0 Å². The second kappa shape index (κ2) is 6.65. The molecule has 2 aromatic rings. The molecule has 1 aliphatic carbocycles. The average Bonchev–Trinajstić information content (AvgIpc) is 3.29. The third kappa shape index (κ3) is 3.37. The van der Waals surface area contributed by atoms with Crippen molar-refractivity contribution in [1.82, 2.24) is 14.5 Å². The molecule has 4 rings (SSSR count). The van der Waals surface area contributed by atoms with Crippen LogP contribution in [0.3, 0.4) is 0 Å². The van der Waals surface area contributed by atoms with Crippen molar-refractivity contribution in [2.24, 2.45) is 5.92 Å². The summed E-state index contributed by atoms with van der Waals surface area (Å²) < 4.78 is 20.9. The minimum absolute atomic E-state index is 0.184. The number of benzene rings is 1. The van der Waals surface area contributed by atoms with Crippen molar-refractivity contribution >= 4 is 0 Å². The molecule has 0 radical (unpaired) electrons. The smallest absolute Gasteiger partial charge is 0.123 e. The molecular weight excluding hydrogens is 305 g/mol. The van der Waals surface area contributed by atoms with Crippen LogP contribution in [0.1, 0.15) is 35.7 Å². The molecule has 1 atom stereocenters. The molecule has 0 unspecified atom stereocenters. The summed E-state index contributed by atoms with van der Waals surface area (Å²) in [5, 5.41) is 0. The molecule has 2 aliphatic rings. The van der Waals surface area contributed by atoms with Gasteiger partial charge in [-0.3, -0.25) is 4.90 Å². The van der Waals surface area contributed by atoms with Crippen LogP contribution in [0.2, 0.25) is 0 Å². The molecule has 1 fully saturated rings. The zero-order valence-corrected chi connectivity index (χ0v) is 14.1. The maximum absolute atomic E-state index is 13.1. The van der Waals surface area contributed by atoms with Crippen molar-refractivity contribution in [3.63, 3.8) is 0 Å². The predicted octanol–water partition coefficient (Wildman–Crippen LogP) is 3.18. The zero-order valence-electron chi connectivity index (χ0n) is 14.1. The van der Waals surface area contributed by atoms with Gasteiger partial charge in [0, 0.05) is 44.9 Å². The summed E-state index contributed by atoms with van der Waals surface area (Å²) in [4.78, 5) is 7.06. The first kappa shape index (κ1) is 15.8. The molecule has 1 saturated carbocycles. The predicted molar refractivity (Wildman–Crippen MR) is 90.1 cm³/mol. The van der Waals surface area contributed by atoms with Gasteiger partial charge in [0.05, 0.1) is 18.6 Å². The SMILES string of the molecule is COC[C@@H]1CN(Cc2ccc(F)cc2)Cc2ncn(CC3CC3)c21. The first-order valence-electron chi connectivity index (χ1n) is 8.72. The molecule has 2 heterocycles. The van der Waals surface area contributed by atoms with Gasteiger partial charge in [0.25, 0.3) is 0 Å². The molecule has 1 aromatic carbocycles. The summed E-state index contributed by atoms with van der Waals surface area (Å²) in [6.45, 7) is 4.43. The molecule has 0 spiro atoms. The topological polar surface area (TPSA) is 30.3 Å². The first-order chi connectivity index (χ1) is 11.7. The lowest BCUT2D eigenvalue weighted by atomic mass is 9.98. The van der Waals surface area contributed by atoms with Gasteiger partial charge in [-0.1, -0.05) is 12.1 Å². The molecule has 1 aliphatic heterocycles. The minimum atomic E-state index is -0.184. The Kier molecular flexibility index (Phi) is 4.37. The van der Waals surface area contributed by atoms with E-state index >= 15 is 0 Å². The van der Waals surface area contributed by atoms with E-state index in [1.165, 1.54) is 36.4 Å². The van der Waals surface area contributed by atoms with E-state index in [-0.39, 0.29) is 5.82 Å². The monoisotopic (exact) mass is 329 g/mol. The largest absolute Gasteiger partial charge is 0.384 e.